The summed E-state index contributed by atoms with van der Waals surface area (Å²) in [6.45, 7) is 4.96. The van der Waals surface area contributed by atoms with Gasteiger partial charge in [0.25, 0.3) is 0 Å². The van der Waals surface area contributed by atoms with E-state index in [1.54, 1.807) is 0 Å². The number of rotatable bonds is 58. The Hall–Kier alpha value is -1.14. The van der Waals surface area contributed by atoms with Gasteiger partial charge in [-0.1, -0.05) is 316 Å². The van der Waals surface area contributed by atoms with Crippen LogP contribution in [0.25, 0.3) is 0 Å². The Morgan fingerprint density at radius 3 is 0.910 bits per heavy atom. The molecular formula is C61H121NO5. The normalized spacial score (nSPS) is 12.5. The summed E-state index contributed by atoms with van der Waals surface area (Å²) in [4.78, 5) is 24.5. The van der Waals surface area contributed by atoms with Crippen LogP contribution in [0.1, 0.15) is 354 Å². The Kier molecular flexibility index (Phi) is 56.5. The molecule has 2 unspecified atom stereocenters. The molecule has 0 radical (unpaired) electrons. The topological polar surface area (TPSA) is 95.9 Å². The third kappa shape index (κ3) is 54.0. The minimum Gasteiger partial charge on any atom is -0.466 e. The molecule has 0 aromatic heterocycles. The second-order valence-corrected chi connectivity index (χ2v) is 21.4. The van der Waals surface area contributed by atoms with Gasteiger partial charge >= 0.3 is 5.97 Å². The Bertz CT molecular complexity index is 959. The number of hydrogen-bond donors (Lipinski definition) is 3. The van der Waals surface area contributed by atoms with Gasteiger partial charge in [0.2, 0.25) is 5.91 Å². The van der Waals surface area contributed by atoms with Crippen molar-refractivity contribution >= 4 is 11.9 Å². The second-order valence-electron chi connectivity index (χ2n) is 21.4. The van der Waals surface area contributed by atoms with Crippen LogP contribution in [0.5, 0.6) is 0 Å². The van der Waals surface area contributed by atoms with E-state index in [4.69, 9.17) is 4.74 Å². The number of unbranched alkanes of at least 4 members (excludes halogenated alkanes) is 47. The summed E-state index contributed by atoms with van der Waals surface area (Å²) in [5.41, 5.74) is 0. The van der Waals surface area contributed by atoms with Crippen LogP contribution in [-0.2, 0) is 14.3 Å². The maximum Gasteiger partial charge on any atom is 0.305 e. The minimum atomic E-state index is -0.660. The first-order valence-corrected chi connectivity index (χ1v) is 30.8. The van der Waals surface area contributed by atoms with Crippen molar-refractivity contribution < 1.29 is 24.5 Å². The summed E-state index contributed by atoms with van der Waals surface area (Å²) in [5.74, 6) is -0.0142. The van der Waals surface area contributed by atoms with Crippen molar-refractivity contribution in [3.05, 3.63) is 0 Å². The van der Waals surface area contributed by atoms with Crippen molar-refractivity contribution in [1.29, 1.82) is 0 Å². The highest BCUT2D eigenvalue weighted by atomic mass is 16.5. The third-order valence-corrected chi connectivity index (χ3v) is 14.7. The van der Waals surface area contributed by atoms with E-state index in [0.29, 0.717) is 25.9 Å². The highest BCUT2D eigenvalue weighted by Gasteiger charge is 2.20. The zero-order valence-corrected chi connectivity index (χ0v) is 45.7. The fraction of sp³-hybridized carbons (Fsp3) is 0.967. The molecule has 0 aliphatic heterocycles. The van der Waals surface area contributed by atoms with E-state index in [9.17, 15) is 19.8 Å². The standard InChI is InChI=1S/C61H121NO5/c1-3-5-7-9-11-13-14-15-16-25-29-32-35-39-43-47-51-55-61(66)67-56-52-48-44-40-36-33-30-27-24-22-20-18-17-19-21-23-26-28-31-34-38-42-46-50-54-60(65)62-58(57-63)59(64)53-49-45-41-37-12-10-8-6-4-2/h58-59,63-64H,3-57H2,1-2H3,(H,62,65). The molecule has 6 nitrogen and oxygen atoms in total. The molecule has 0 fully saturated rings. The van der Waals surface area contributed by atoms with E-state index in [2.05, 4.69) is 19.2 Å². The van der Waals surface area contributed by atoms with E-state index >= 15 is 0 Å². The highest BCUT2D eigenvalue weighted by molar-refractivity contribution is 5.76. The van der Waals surface area contributed by atoms with E-state index in [1.807, 2.05) is 0 Å². The average Bonchev–Trinajstić information content (AvgIpc) is 3.33. The lowest BCUT2D eigenvalue weighted by Crippen LogP contribution is -2.45. The van der Waals surface area contributed by atoms with Crippen molar-refractivity contribution in [3.63, 3.8) is 0 Å². The molecule has 0 aromatic carbocycles. The lowest BCUT2D eigenvalue weighted by molar-refractivity contribution is -0.143. The number of esters is 1. The molecular weight excluding hydrogens is 827 g/mol. The predicted molar refractivity (Wildman–Crippen MR) is 292 cm³/mol. The van der Waals surface area contributed by atoms with Crippen LogP contribution in [-0.4, -0.2) is 47.4 Å². The van der Waals surface area contributed by atoms with Gasteiger partial charge in [-0.2, -0.15) is 0 Å². The predicted octanol–water partition coefficient (Wildman–Crippen LogP) is 19.1. The van der Waals surface area contributed by atoms with Crippen LogP contribution >= 0.6 is 0 Å². The summed E-state index contributed by atoms with van der Waals surface area (Å²) >= 11 is 0. The van der Waals surface area contributed by atoms with Gasteiger partial charge in [0.15, 0.2) is 0 Å². The smallest absolute Gasteiger partial charge is 0.305 e. The van der Waals surface area contributed by atoms with Crippen LogP contribution in [0.4, 0.5) is 0 Å². The van der Waals surface area contributed by atoms with Gasteiger partial charge in [-0.05, 0) is 25.7 Å². The molecule has 0 saturated carbocycles. The maximum atomic E-state index is 12.4. The Labute approximate surface area is 419 Å². The van der Waals surface area contributed by atoms with Crippen molar-refractivity contribution in [1.82, 2.24) is 5.32 Å². The second kappa shape index (κ2) is 57.4. The van der Waals surface area contributed by atoms with Crippen molar-refractivity contribution in [2.45, 2.75) is 366 Å². The number of ether oxygens (including phenoxy) is 1. The highest BCUT2D eigenvalue weighted by Crippen LogP contribution is 2.18. The van der Waals surface area contributed by atoms with E-state index < -0.39 is 12.1 Å². The number of carbonyl (C=O) groups is 2. The monoisotopic (exact) mass is 948 g/mol. The number of carbonyl (C=O) groups excluding carboxylic acids is 2. The quantitative estimate of drug-likeness (QED) is 0.0417. The largest absolute Gasteiger partial charge is 0.466 e. The number of aliphatic hydroxyl groups excluding tert-OH is 2. The Balaban J connectivity index is 3.30. The number of nitrogens with one attached hydrogen (secondary N) is 1. The number of amides is 1. The number of hydrogen-bond acceptors (Lipinski definition) is 5. The molecule has 0 rings (SSSR count). The molecule has 3 N–H and O–H groups in total. The van der Waals surface area contributed by atoms with Crippen LogP contribution in [0.15, 0.2) is 0 Å². The summed E-state index contributed by atoms with van der Waals surface area (Å²) in [7, 11) is 0. The van der Waals surface area contributed by atoms with E-state index in [-0.39, 0.29) is 18.5 Å². The van der Waals surface area contributed by atoms with Gasteiger partial charge in [0, 0.05) is 12.8 Å². The molecule has 0 heterocycles. The molecule has 2 atom stereocenters. The van der Waals surface area contributed by atoms with Crippen molar-refractivity contribution in [2.75, 3.05) is 13.2 Å². The van der Waals surface area contributed by atoms with Crippen molar-refractivity contribution in [2.24, 2.45) is 0 Å². The maximum absolute atomic E-state index is 12.4. The molecule has 0 aromatic rings. The summed E-state index contributed by atoms with van der Waals surface area (Å²) in [6.07, 6.45) is 67.0. The Morgan fingerprint density at radius 2 is 0.612 bits per heavy atom. The van der Waals surface area contributed by atoms with Crippen LogP contribution in [0.2, 0.25) is 0 Å². The minimum absolute atomic E-state index is 0.0201. The SMILES string of the molecule is CCCCCCCCCCCCCCCCCCCC(=O)OCCCCCCCCCCCCCCCCCCCCCCCCCCC(=O)NC(CO)C(O)CCCCCCCCCCC. The first-order chi connectivity index (χ1) is 33.0. The number of aliphatic hydroxyl groups is 2. The fourth-order valence-electron chi connectivity index (χ4n) is 9.94. The Morgan fingerprint density at radius 1 is 0.358 bits per heavy atom. The molecule has 6 heteroatoms. The average molecular weight is 949 g/mol. The van der Waals surface area contributed by atoms with Gasteiger partial charge < -0.3 is 20.3 Å². The summed E-state index contributed by atoms with van der Waals surface area (Å²) in [5, 5.41) is 23.1. The van der Waals surface area contributed by atoms with Crippen molar-refractivity contribution in [3.8, 4) is 0 Å². The lowest BCUT2D eigenvalue weighted by Gasteiger charge is -2.22. The van der Waals surface area contributed by atoms with Gasteiger partial charge in [-0.3, -0.25) is 9.59 Å². The van der Waals surface area contributed by atoms with Gasteiger partial charge in [0.05, 0.1) is 25.4 Å². The van der Waals surface area contributed by atoms with Crippen LogP contribution in [0.3, 0.4) is 0 Å². The molecule has 0 aliphatic carbocycles. The molecule has 0 spiro atoms. The van der Waals surface area contributed by atoms with Crippen LogP contribution in [0, 0.1) is 0 Å². The first kappa shape index (κ1) is 65.9. The van der Waals surface area contributed by atoms with Gasteiger partial charge in [0.1, 0.15) is 0 Å². The molecule has 0 bridgehead atoms. The summed E-state index contributed by atoms with van der Waals surface area (Å²) in [6, 6.07) is -0.537. The third-order valence-electron chi connectivity index (χ3n) is 14.7. The summed E-state index contributed by atoms with van der Waals surface area (Å²) < 4.78 is 5.50. The lowest BCUT2D eigenvalue weighted by atomic mass is 10.0. The molecule has 1 amide bonds. The molecule has 0 aliphatic rings. The van der Waals surface area contributed by atoms with Gasteiger partial charge in [-0.15, -0.1) is 0 Å². The van der Waals surface area contributed by atoms with Gasteiger partial charge in [-0.25, -0.2) is 0 Å². The first-order valence-electron chi connectivity index (χ1n) is 30.8. The zero-order chi connectivity index (χ0) is 48.6. The fourth-order valence-corrected chi connectivity index (χ4v) is 9.94. The molecule has 67 heavy (non-hydrogen) atoms. The van der Waals surface area contributed by atoms with E-state index in [1.165, 1.54) is 283 Å². The van der Waals surface area contributed by atoms with Crippen LogP contribution < -0.4 is 5.32 Å². The zero-order valence-electron chi connectivity index (χ0n) is 45.7. The molecule has 400 valence electrons. The van der Waals surface area contributed by atoms with E-state index in [0.717, 1.165) is 38.5 Å². The molecule has 0 saturated heterocycles.